The van der Waals surface area contributed by atoms with Crippen molar-refractivity contribution in [3.63, 3.8) is 0 Å². The first-order chi connectivity index (χ1) is 6.49. The third kappa shape index (κ3) is 9.22. The summed E-state index contributed by atoms with van der Waals surface area (Å²) in [5, 5.41) is 0. The average molecular weight is 249 g/mol. The first-order valence-electron chi connectivity index (χ1n) is 5.42. The summed E-state index contributed by atoms with van der Waals surface area (Å²) in [5.41, 5.74) is 0. The van der Waals surface area contributed by atoms with Gasteiger partial charge in [-0.25, -0.2) is 0 Å². The van der Waals surface area contributed by atoms with E-state index in [1.807, 2.05) is 11.8 Å². The molecule has 0 aliphatic rings. The van der Waals surface area contributed by atoms with Crippen LogP contribution in [0.15, 0.2) is 10.3 Å². The topological polar surface area (TPSA) is 0 Å². The summed E-state index contributed by atoms with van der Waals surface area (Å²) in [5.74, 6) is 0. The second-order valence-corrected chi connectivity index (χ2v) is 14.7. The van der Waals surface area contributed by atoms with Gasteiger partial charge in [0.05, 0.1) is 0 Å². The summed E-state index contributed by atoms with van der Waals surface area (Å²) in [7, 11) is -0.982. The van der Waals surface area contributed by atoms with Crippen molar-refractivity contribution >= 4 is 30.2 Å². The van der Waals surface area contributed by atoms with Crippen LogP contribution in [-0.2, 0) is 0 Å². The van der Waals surface area contributed by atoms with Crippen molar-refractivity contribution in [1.29, 1.82) is 0 Å². The van der Waals surface area contributed by atoms with Gasteiger partial charge in [0, 0.05) is 4.24 Å². The molecule has 0 aromatic heterocycles. The smallest absolute Gasteiger partial charge is 0.115 e. The molecule has 0 aliphatic heterocycles. The second kappa shape index (κ2) is 7.89. The van der Waals surface area contributed by atoms with Gasteiger partial charge in [-0.1, -0.05) is 45.5 Å². The van der Waals surface area contributed by atoms with Gasteiger partial charge in [0.15, 0.2) is 0 Å². The Morgan fingerprint density at radius 2 is 1.86 bits per heavy atom. The number of hydrogen-bond donors (Lipinski definition) is 0. The largest absolute Gasteiger partial charge is 0.146 e. The molecule has 0 atom stereocenters. The van der Waals surface area contributed by atoms with Crippen LogP contribution in [0.4, 0.5) is 0 Å². The minimum Gasteiger partial charge on any atom is -0.146 e. The van der Waals surface area contributed by atoms with Crippen molar-refractivity contribution < 1.29 is 0 Å². The van der Waals surface area contributed by atoms with Crippen molar-refractivity contribution in [1.82, 2.24) is 0 Å². The van der Waals surface area contributed by atoms with Crippen LogP contribution in [0.5, 0.6) is 0 Å². The molecule has 0 bridgehead atoms. The minimum atomic E-state index is -0.982. The van der Waals surface area contributed by atoms with Crippen molar-refractivity contribution in [2.24, 2.45) is 0 Å². The Morgan fingerprint density at radius 3 is 2.29 bits per heavy atom. The standard InChI is InChI=1S/C11H24S2Si/c1-6-7-8-9-10-11(12-2)13-14(3,4)5/h10H,6-9H2,1-5H3/b11-10-. The molecule has 0 aromatic rings. The van der Waals surface area contributed by atoms with Crippen molar-refractivity contribution in [3.05, 3.63) is 10.3 Å². The van der Waals surface area contributed by atoms with Crippen molar-refractivity contribution in [2.75, 3.05) is 6.26 Å². The van der Waals surface area contributed by atoms with E-state index < -0.39 is 7.22 Å². The van der Waals surface area contributed by atoms with Gasteiger partial charge in [-0.05, 0) is 19.1 Å². The summed E-state index contributed by atoms with van der Waals surface area (Å²) in [6, 6.07) is 0. The first kappa shape index (κ1) is 14.7. The van der Waals surface area contributed by atoms with Gasteiger partial charge in [-0.2, -0.15) is 0 Å². The summed E-state index contributed by atoms with van der Waals surface area (Å²) >= 11 is 4.04. The quantitative estimate of drug-likeness (QED) is 0.440. The van der Waals surface area contributed by atoms with E-state index in [-0.39, 0.29) is 0 Å². The van der Waals surface area contributed by atoms with E-state index in [0.29, 0.717) is 0 Å². The SMILES string of the molecule is CCCCC/C=C(/SC)S[Si](C)(C)C. The van der Waals surface area contributed by atoms with Crippen LogP contribution < -0.4 is 0 Å². The van der Waals surface area contributed by atoms with Gasteiger partial charge in [0.2, 0.25) is 0 Å². The molecule has 0 nitrogen and oxygen atoms in total. The molecule has 14 heavy (non-hydrogen) atoms. The summed E-state index contributed by atoms with van der Waals surface area (Å²) in [6.45, 7) is 9.49. The zero-order chi connectivity index (χ0) is 11.0. The van der Waals surface area contributed by atoms with Crippen molar-refractivity contribution in [3.8, 4) is 0 Å². The third-order valence-corrected chi connectivity index (χ3v) is 6.97. The Labute approximate surface area is 99.0 Å². The number of rotatable bonds is 7. The highest BCUT2D eigenvalue weighted by atomic mass is 32.4. The van der Waals surface area contributed by atoms with E-state index in [9.17, 15) is 0 Å². The van der Waals surface area contributed by atoms with Crippen LogP contribution in [-0.4, -0.2) is 13.5 Å². The molecule has 0 spiro atoms. The monoisotopic (exact) mass is 248 g/mol. The van der Waals surface area contributed by atoms with E-state index in [2.05, 4.69) is 50.1 Å². The third-order valence-electron chi connectivity index (χ3n) is 1.73. The predicted octanol–water partition coefficient (Wildman–Crippen LogP) is 5.34. The van der Waals surface area contributed by atoms with E-state index in [1.54, 1.807) is 4.24 Å². The number of unbranched alkanes of at least 4 members (excludes halogenated alkanes) is 3. The molecule has 0 amide bonds. The first-order valence-corrected chi connectivity index (χ1v) is 11.7. The van der Waals surface area contributed by atoms with Gasteiger partial charge in [-0.3, -0.25) is 0 Å². The molecule has 0 saturated carbocycles. The molecular formula is C11H24S2Si. The molecule has 0 N–H and O–H groups in total. The van der Waals surface area contributed by atoms with E-state index in [0.717, 1.165) is 0 Å². The highest BCUT2D eigenvalue weighted by Gasteiger charge is 2.15. The maximum Gasteiger partial charge on any atom is 0.115 e. The number of hydrogen-bond acceptors (Lipinski definition) is 2. The van der Waals surface area contributed by atoms with E-state index in [4.69, 9.17) is 0 Å². The van der Waals surface area contributed by atoms with E-state index in [1.165, 1.54) is 25.7 Å². The Bertz CT molecular complexity index is 171. The van der Waals surface area contributed by atoms with Crippen LogP contribution in [0.1, 0.15) is 32.6 Å². The van der Waals surface area contributed by atoms with Gasteiger partial charge in [0.25, 0.3) is 0 Å². The molecule has 0 unspecified atom stereocenters. The van der Waals surface area contributed by atoms with Crippen LogP contribution in [0.2, 0.25) is 19.6 Å². The molecular weight excluding hydrogens is 224 g/mol. The fourth-order valence-corrected chi connectivity index (χ4v) is 7.57. The number of thioether (sulfide) groups is 1. The Hall–Kier alpha value is 0.657. The van der Waals surface area contributed by atoms with Gasteiger partial charge >= 0.3 is 0 Å². The normalized spacial score (nSPS) is 13.4. The summed E-state index contributed by atoms with van der Waals surface area (Å²) in [4.78, 5) is 0. The molecule has 0 saturated heterocycles. The van der Waals surface area contributed by atoms with Gasteiger partial charge in [0.1, 0.15) is 7.22 Å². The lowest BCUT2D eigenvalue weighted by molar-refractivity contribution is 0.729. The average Bonchev–Trinajstić information content (AvgIpc) is 2.08. The zero-order valence-corrected chi connectivity index (χ0v) is 12.9. The lowest BCUT2D eigenvalue weighted by atomic mass is 10.2. The molecule has 0 heterocycles. The zero-order valence-electron chi connectivity index (χ0n) is 10.2. The molecule has 0 fully saturated rings. The molecule has 84 valence electrons. The lowest BCUT2D eigenvalue weighted by Crippen LogP contribution is -2.13. The van der Waals surface area contributed by atoms with Crippen LogP contribution in [0, 0.1) is 0 Å². The van der Waals surface area contributed by atoms with Crippen LogP contribution >= 0.6 is 23.0 Å². The summed E-state index contributed by atoms with van der Waals surface area (Å²) in [6.07, 6.45) is 9.94. The van der Waals surface area contributed by atoms with E-state index >= 15 is 0 Å². The highest BCUT2D eigenvalue weighted by molar-refractivity contribution is 8.39. The minimum absolute atomic E-state index is 0.982. The highest BCUT2D eigenvalue weighted by Crippen LogP contribution is 2.34. The fraction of sp³-hybridized carbons (Fsp3) is 0.818. The molecule has 0 rings (SSSR count). The predicted molar refractivity (Wildman–Crippen MR) is 76.7 cm³/mol. The lowest BCUT2D eigenvalue weighted by Gasteiger charge is -2.16. The maximum atomic E-state index is 2.43. The molecule has 3 heteroatoms. The Balaban J connectivity index is 3.87. The van der Waals surface area contributed by atoms with Crippen molar-refractivity contribution in [2.45, 2.75) is 52.2 Å². The van der Waals surface area contributed by atoms with Crippen LogP contribution in [0.25, 0.3) is 0 Å². The van der Waals surface area contributed by atoms with Crippen LogP contribution in [0.3, 0.4) is 0 Å². The fourth-order valence-electron chi connectivity index (χ4n) is 1.08. The summed E-state index contributed by atoms with van der Waals surface area (Å²) < 4.78 is 1.54. The Morgan fingerprint density at radius 1 is 1.21 bits per heavy atom. The number of allylic oxidation sites excluding steroid dienone is 1. The van der Waals surface area contributed by atoms with Gasteiger partial charge < -0.3 is 0 Å². The second-order valence-electron chi connectivity index (χ2n) is 4.44. The Kier molecular flexibility index (Phi) is 8.26. The molecule has 0 aromatic carbocycles. The molecule has 0 radical (unpaired) electrons. The van der Waals surface area contributed by atoms with Gasteiger partial charge in [-0.15, -0.1) is 23.0 Å². The molecule has 0 aliphatic carbocycles. The maximum absolute atomic E-state index is 2.43.